The van der Waals surface area contributed by atoms with Gasteiger partial charge in [0.2, 0.25) is 5.91 Å². The van der Waals surface area contributed by atoms with E-state index in [1.165, 1.54) is 17.0 Å². The van der Waals surface area contributed by atoms with E-state index in [0.717, 1.165) is 6.20 Å². The first-order valence-electron chi connectivity index (χ1n) is 5.13. The molecule has 88 valence electrons. The van der Waals surface area contributed by atoms with Crippen molar-refractivity contribution in [3.8, 4) is 0 Å². The van der Waals surface area contributed by atoms with Gasteiger partial charge in [-0.2, -0.15) is 0 Å². The maximum atomic E-state index is 12.7. The van der Waals surface area contributed by atoms with Gasteiger partial charge >= 0.3 is 0 Å². The molecule has 1 saturated heterocycles. The first-order chi connectivity index (χ1) is 8.20. The fourth-order valence-corrected chi connectivity index (χ4v) is 1.80. The molecule has 1 aliphatic rings. The summed E-state index contributed by atoms with van der Waals surface area (Å²) in [5, 5.41) is 3.45. The van der Waals surface area contributed by atoms with Crippen molar-refractivity contribution in [2.75, 3.05) is 18.0 Å². The monoisotopic (exact) mass is 235 g/mol. The van der Waals surface area contributed by atoms with Crippen molar-refractivity contribution in [3.05, 3.63) is 34.6 Å². The van der Waals surface area contributed by atoms with Crippen LogP contribution in [0.4, 0.5) is 10.2 Å². The SMILES string of the molecule is [N-]=[N+]=NCC1CC(=O)N(c2ccc(F)cn2)C1. The summed E-state index contributed by atoms with van der Waals surface area (Å²) < 4.78 is 12.7. The predicted molar refractivity (Wildman–Crippen MR) is 58.7 cm³/mol. The Bertz CT molecular complexity index is 468. The van der Waals surface area contributed by atoms with Crippen molar-refractivity contribution in [2.24, 2.45) is 11.0 Å². The number of hydrogen-bond acceptors (Lipinski definition) is 3. The molecule has 0 saturated carbocycles. The van der Waals surface area contributed by atoms with E-state index in [1.807, 2.05) is 0 Å². The highest BCUT2D eigenvalue weighted by molar-refractivity contribution is 5.94. The number of rotatable bonds is 3. The van der Waals surface area contributed by atoms with Crippen LogP contribution in [0.15, 0.2) is 23.4 Å². The van der Waals surface area contributed by atoms with Crippen molar-refractivity contribution in [1.29, 1.82) is 0 Å². The zero-order valence-electron chi connectivity index (χ0n) is 8.95. The van der Waals surface area contributed by atoms with Crippen molar-refractivity contribution in [3.63, 3.8) is 0 Å². The molecule has 0 spiro atoms. The molecule has 1 aliphatic heterocycles. The Labute approximate surface area is 96.7 Å². The molecule has 1 atom stereocenters. The molecule has 0 N–H and O–H groups in total. The van der Waals surface area contributed by atoms with E-state index in [-0.39, 0.29) is 11.8 Å². The van der Waals surface area contributed by atoms with Gasteiger partial charge < -0.3 is 0 Å². The lowest BCUT2D eigenvalue weighted by atomic mass is 10.1. The summed E-state index contributed by atoms with van der Waals surface area (Å²) in [6.45, 7) is 0.746. The number of pyridine rings is 1. The minimum atomic E-state index is -0.439. The Morgan fingerprint density at radius 3 is 3.12 bits per heavy atom. The Morgan fingerprint density at radius 2 is 2.47 bits per heavy atom. The van der Waals surface area contributed by atoms with E-state index in [0.29, 0.717) is 25.3 Å². The highest BCUT2D eigenvalue weighted by Crippen LogP contribution is 2.23. The molecule has 1 aromatic rings. The predicted octanol–water partition coefficient (Wildman–Crippen LogP) is 1.88. The largest absolute Gasteiger partial charge is 0.297 e. The lowest BCUT2D eigenvalue weighted by Gasteiger charge is -2.14. The second-order valence-electron chi connectivity index (χ2n) is 3.82. The van der Waals surface area contributed by atoms with Crippen LogP contribution < -0.4 is 4.90 Å². The highest BCUT2D eigenvalue weighted by atomic mass is 19.1. The molecule has 1 fully saturated rings. The lowest BCUT2D eigenvalue weighted by molar-refractivity contribution is -0.117. The van der Waals surface area contributed by atoms with E-state index >= 15 is 0 Å². The van der Waals surface area contributed by atoms with E-state index < -0.39 is 5.82 Å². The first-order valence-corrected chi connectivity index (χ1v) is 5.13. The number of carbonyl (C=O) groups excluding carboxylic acids is 1. The molecule has 2 heterocycles. The van der Waals surface area contributed by atoms with Crippen molar-refractivity contribution < 1.29 is 9.18 Å². The van der Waals surface area contributed by atoms with E-state index in [1.54, 1.807) is 0 Å². The molecular formula is C10H10FN5O. The van der Waals surface area contributed by atoms with Crippen LogP contribution in [0.5, 0.6) is 0 Å². The third kappa shape index (κ3) is 2.51. The molecule has 0 radical (unpaired) electrons. The molecule has 0 aromatic carbocycles. The van der Waals surface area contributed by atoms with Gasteiger partial charge in [0, 0.05) is 24.4 Å². The summed E-state index contributed by atoms with van der Waals surface area (Å²) in [6.07, 6.45) is 1.40. The number of hydrogen-bond donors (Lipinski definition) is 0. The fraction of sp³-hybridized carbons (Fsp3) is 0.400. The summed E-state index contributed by atoms with van der Waals surface area (Å²) in [6, 6.07) is 2.72. The van der Waals surface area contributed by atoms with E-state index in [9.17, 15) is 9.18 Å². The fourth-order valence-electron chi connectivity index (χ4n) is 1.80. The quantitative estimate of drug-likeness (QED) is 0.455. The zero-order chi connectivity index (χ0) is 12.3. The normalized spacial score (nSPS) is 19.2. The number of carbonyl (C=O) groups is 1. The lowest BCUT2D eigenvalue weighted by Crippen LogP contribution is -2.25. The molecule has 2 rings (SSSR count). The van der Waals surface area contributed by atoms with Gasteiger partial charge in [-0.05, 0) is 23.6 Å². The van der Waals surface area contributed by atoms with E-state index in [2.05, 4.69) is 15.0 Å². The molecule has 1 unspecified atom stereocenters. The Kier molecular flexibility index (Phi) is 3.20. The molecule has 0 bridgehead atoms. The van der Waals surface area contributed by atoms with Gasteiger partial charge in [0.15, 0.2) is 0 Å². The van der Waals surface area contributed by atoms with Crippen LogP contribution in [0.1, 0.15) is 6.42 Å². The summed E-state index contributed by atoms with van der Waals surface area (Å²) in [5.41, 5.74) is 8.21. The second kappa shape index (κ2) is 4.80. The van der Waals surface area contributed by atoms with Gasteiger partial charge in [-0.3, -0.25) is 9.69 Å². The Hall–Kier alpha value is -2.14. The smallest absolute Gasteiger partial charge is 0.228 e. The van der Waals surface area contributed by atoms with Crippen LogP contribution in [-0.4, -0.2) is 24.0 Å². The number of aromatic nitrogens is 1. The summed E-state index contributed by atoms with van der Waals surface area (Å²) in [7, 11) is 0. The number of azide groups is 1. The third-order valence-electron chi connectivity index (χ3n) is 2.60. The second-order valence-corrected chi connectivity index (χ2v) is 3.82. The van der Waals surface area contributed by atoms with Crippen LogP contribution in [-0.2, 0) is 4.79 Å². The number of anilines is 1. The highest BCUT2D eigenvalue weighted by Gasteiger charge is 2.30. The van der Waals surface area contributed by atoms with Crippen LogP contribution in [0.25, 0.3) is 10.4 Å². The van der Waals surface area contributed by atoms with Crippen LogP contribution in [0.2, 0.25) is 0 Å². The minimum Gasteiger partial charge on any atom is -0.297 e. The third-order valence-corrected chi connectivity index (χ3v) is 2.60. The van der Waals surface area contributed by atoms with Crippen molar-refractivity contribution in [2.45, 2.75) is 6.42 Å². The maximum absolute atomic E-state index is 12.7. The van der Waals surface area contributed by atoms with Crippen LogP contribution >= 0.6 is 0 Å². The van der Waals surface area contributed by atoms with Crippen molar-refractivity contribution in [1.82, 2.24) is 4.98 Å². The van der Waals surface area contributed by atoms with Gasteiger partial charge in [0.05, 0.1) is 6.20 Å². The summed E-state index contributed by atoms with van der Waals surface area (Å²) in [5.74, 6) is -0.0848. The standard InChI is InChI=1S/C10H10FN5O/c11-8-1-2-9(13-5-8)16-6-7(3-10(16)17)4-14-15-12/h1-2,5,7H,3-4,6H2. The topological polar surface area (TPSA) is 82.0 Å². The number of halogens is 1. The summed E-state index contributed by atoms with van der Waals surface area (Å²) >= 11 is 0. The van der Waals surface area contributed by atoms with Crippen LogP contribution in [0.3, 0.4) is 0 Å². The Morgan fingerprint density at radius 1 is 1.65 bits per heavy atom. The van der Waals surface area contributed by atoms with Gasteiger partial charge in [-0.1, -0.05) is 5.11 Å². The average molecular weight is 235 g/mol. The van der Waals surface area contributed by atoms with Gasteiger partial charge in [-0.25, -0.2) is 9.37 Å². The van der Waals surface area contributed by atoms with Crippen molar-refractivity contribution >= 4 is 11.7 Å². The molecule has 7 heteroatoms. The summed E-state index contributed by atoms with van der Waals surface area (Å²) in [4.78, 5) is 19.7. The van der Waals surface area contributed by atoms with Gasteiger partial charge in [0.25, 0.3) is 0 Å². The molecule has 0 aliphatic carbocycles. The zero-order valence-corrected chi connectivity index (χ0v) is 8.95. The number of amides is 1. The van der Waals surface area contributed by atoms with Gasteiger partial charge in [0.1, 0.15) is 11.6 Å². The number of nitrogens with zero attached hydrogens (tertiary/aromatic N) is 5. The average Bonchev–Trinajstić information content (AvgIpc) is 2.69. The molecule has 6 nitrogen and oxygen atoms in total. The van der Waals surface area contributed by atoms with E-state index in [4.69, 9.17) is 5.53 Å². The molecule has 1 aromatic heterocycles. The Balaban J connectivity index is 2.10. The first kappa shape index (κ1) is 11.3. The van der Waals surface area contributed by atoms with Gasteiger partial charge in [-0.15, -0.1) is 0 Å². The molecular weight excluding hydrogens is 225 g/mol. The van der Waals surface area contributed by atoms with Crippen LogP contribution in [0, 0.1) is 11.7 Å². The molecule has 17 heavy (non-hydrogen) atoms. The molecule has 1 amide bonds. The maximum Gasteiger partial charge on any atom is 0.228 e. The minimum absolute atomic E-state index is 0.00486.